The quantitative estimate of drug-likeness (QED) is 0.805. The first-order valence-corrected chi connectivity index (χ1v) is 5.37. The molecule has 1 aromatic carbocycles. The lowest BCUT2D eigenvalue weighted by Gasteiger charge is -2.07. The van der Waals surface area contributed by atoms with E-state index in [1.165, 1.54) is 7.11 Å². The molecule has 0 atom stereocenters. The number of methoxy groups -OCH3 is 1. The summed E-state index contributed by atoms with van der Waals surface area (Å²) in [6.07, 6.45) is 4.29. The Bertz CT molecular complexity index is 399. The van der Waals surface area contributed by atoms with Crippen LogP contribution >= 0.6 is 11.6 Å². The van der Waals surface area contributed by atoms with E-state index in [1.54, 1.807) is 24.3 Å². The van der Waals surface area contributed by atoms with Crippen LogP contribution < -0.4 is 4.74 Å². The first-order valence-electron chi connectivity index (χ1n) is 4.83. The predicted octanol–water partition coefficient (Wildman–Crippen LogP) is 3.04. The Morgan fingerprint density at radius 1 is 1.56 bits per heavy atom. The average molecular weight is 241 g/mol. The summed E-state index contributed by atoms with van der Waals surface area (Å²) in [5, 5.41) is 9.09. The number of hydrogen-bond acceptors (Lipinski definition) is 2. The zero-order chi connectivity index (χ0) is 12.0. The molecule has 1 rings (SSSR count). The van der Waals surface area contributed by atoms with Crippen molar-refractivity contribution >= 4 is 23.6 Å². The molecule has 1 aromatic rings. The van der Waals surface area contributed by atoms with E-state index < -0.39 is 5.97 Å². The number of carboxylic acid groups (broad SMARTS) is 1. The zero-order valence-electron chi connectivity index (χ0n) is 8.94. The maximum atomic E-state index is 11.1. The van der Waals surface area contributed by atoms with Crippen LogP contribution in [0.1, 0.15) is 22.3 Å². The minimum Gasteiger partial charge on any atom is -0.496 e. The van der Waals surface area contributed by atoms with Gasteiger partial charge in [-0.25, -0.2) is 4.79 Å². The third-order valence-electron chi connectivity index (χ3n) is 2.07. The fourth-order valence-electron chi connectivity index (χ4n) is 1.36. The molecule has 0 radical (unpaired) electrons. The van der Waals surface area contributed by atoms with Crippen molar-refractivity contribution in [3.63, 3.8) is 0 Å². The van der Waals surface area contributed by atoms with E-state index >= 15 is 0 Å². The molecule has 0 bridgehead atoms. The summed E-state index contributed by atoms with van der Waals surface area (Å²) >= 11 is 5.54. The molecule has 0 fully saturated rings. The Morgan fingerprint density at radius 3 is 2.88 bits per heavy atom. The van der Waals surface area contributed by atoms with Gasteiger partial charge in [0.2, 0.25) is 0 Å². The second-order valence-electron chi connectivity index (χ2n) is 3.11. The molecule has 0 aliphatic carbocycles. The minimum atomic E-state index is -0.997. The normalized spacial score (nSPS) is 10.6. The van der Waals surface area contributed by atoms with Crippen molar-refractivity contribution < 1.29 is 14.6 Å². The monoisotopic (exact) mass is 240 g/mol. The fourth-order valence-corrected chi connectivity index (χ4v) is 1.49. The van der Waals surface area contributed by atoms with Crippen molar-refractivity contribution in [1.82, 2.24) is 0 Å². The van der Waals surface area contributed by atoms with Gasteiger partial charge in [-0.15, -0.1) is 11.6 Å². The van der Waals surface area contributed by atoms with Crippen LogP contribution in [0.15, 0.2) is 24.3 Å². The van der Waals surface area contributed by atoms with E-state index in [4.69, 9.17) is 21.4 Å². The van der Waals surface area contributed by atoms with Crippen LogP contribution in [0, 0.1) is 0 Å². The summed E-state index contributed by atoms with van der Waals surface area (Å²) in [6, 6.07) is 5.12. The van der Waals surface area contributed by atoms with E-state index in [-0.39, 0.29) is 5.56 Å². The third kappa shape index (κ3) is 3.00. The van der Waals surface area contributed by atoms with Crippen molar-refractivity contribution in [1.29, 1.82) is 0 Å². The van der Waals surface area contributed by atoms with Gasteiger partial charge in [-0.2, -0.15) is 0 Å². The number of ether oxygens (including phenoxy) is 1. The number of alkyl halides is 1. The Hall–Kier alpha value is -1.48. The second-order valence-corrected chi connectivity index (χ2v) is 3.49. The number of benzene rings is 1. The molecule has 0 spiro atoms. The number of carbonyl (C=O) groups is 1. The molecule has 86 valence electrons. The molecule has 16 heavy (non-hydrogen) atoms. The van der Waals surface area contributed by atoms with Gasteiger partial charge >= 0.3 is 5.97 Å². The zero-order valence-corrected chi connectivity index (χ0v) is 9.70. The lowest BCUT2D eigenvalue weighted by Crippen LogP contribution is -2.03. The number of aromatic carboxylic acids is 1. The minimum absolute atomic E-state index is 0.177. The molecule has 0 saturated heterocycles. The molecule has 0 aliphatic rings. The highest BCUT2D eigenvalue weighted by atomic mass is 35.5. The highest BCUT2D eigenvalue weighted by Crippen LogP contribution is 2.23. The fraction of sp³-hybridized carbons (Fsp3) is 0.250. The molecule has 0 saturated carbocycles. The molecule has 0 unspecified atom stereocenters. The second kappa shape index (κ2) is 6.18. The Kier molecular flexibility index (Phi) is 4.86. The lowest BCUT2D eigenvalue weighted by atomic mass is 10.1. The van der Waals surface area contributed by atoms with Gasteiger partial charge < -0.3 is 9.84 Å². The molecule has 0 aliphatic heterocycles. The molecular formula is C12H13ClO3. The van der Waals surface area contributed by atoms with Crippen LogP contribution in [0.5, 0.6) is 5.75 Å². The van der Waals surface area contributed by atoms with Crippen LogP contribution in [0.2, 0.25) is 0 Å². The van der Waals surface area contributed by atoms with Crippen molar-refractivity contribution in [3.8, 4) is 5.75 Å². The van der Waals surface area contributed by atoms with Crippen molar-refractivity contribution in [2.24, 2.45) is 0 Å². The predicted molar refractivity (Wildman–Crippen MR) is 64.3 cm³/mol. The molecule has 0 aromatic heterocycles. The van der Waals surface area contributed by atoms with Crippen LogP contribution in [0.3, 0.4) is 0 Å². The molecular weight excluding hydrogens is 228 g/mol. The highest BCUT2D eigenvalue weighted by molar-refractivity contribution is 6.17. The van der Waals surface area contributed by atoms with Gasteiger partial charge in [0.1, 0.15) is 11.3 Å². The largest absolute Gasteiger partial charge is 0.496 e. The summed E-state index contributed by atoms with van der Waals surface area (Å²) in [4.78, 5) is 11.1. The third-order valence-corrected chi connectivity index (χ3v) is 2.28. The van der Waals surface area contributed by atoms with E-state index in [0.29, 0.717) is 23.6 Å². The number of hydrogen-bond donors (Lipinski definition) is 1. The number of allylic oxidation sites excluding steroid dienone is 1. The Balaban J connectivity index is 3.12. The highest BCUT2D eigenvalue weighted by Gasteiger charge is 2.13. The van der Waals surface area contributed by atoms with E-state index in [2.05, 4.69) is 0 Å². The van der Waals surface area contributed by atoms with E-state index in [9.17, 15) is 4.79 Å². The Morgan fingerprint density at radius 2 is 2.31 bits per heavy atom. The number of carboxylic acids is 1. The van der Waals surface area contributed by atoms with Crippen LogP contribution in [0.25, 0.3) is 6.08 Å². The summed E-state index contributed by atoms with van der Waals surface area (Å²) in [5.41, 5.74) is 0.799. The lowest BCUT2D eigenvalue weighted by molar-refractivity contribution is 0.0693. The van der Waals surface area contributed by atoms with Gasteiger partial charge in [-0.1, -0.05) is 24.3 Å². The van der Waals surface area contributed by atoms with Crippen LogP contribution in [-0.4, -0.2) is 24.1 Å². The van der Waals surface area contributed by atoms with Gasteiger partial charge in [0, 0.05) is 5.88 Å². The standard InChI is InChI=1S/C12H13ClO3/c1-16-10-7-4-6-9(5-2-3-8-13)11(10)12(14)15/h2,4-7H,3,8H2,1H3,(H,14,15). The van der Waals surface area contributed by atoms with Crippen molar-refractivity contribution in [3.05, 3.63) is 35.4 Å². The number of rotatable bonds is 5. The molecule has 3 nitrogen and oxygen atoms in total. The maximum absolute atomic E-state index is 11.1. The van der Waals surface area contributed by atoms with Gasteiger partial charge in [0.15, 0.2) is 0 Å². The molecule has 4 heteroatoms. The van der Waals surface area contributed by atoms with Crippen LogP contribution in [0.4, 0.5) is 0 Å². The number of halogens is 1. The smallest absolute Gasteiger partial charge is 0.340 e. The topological polar surface area (TPSA) is 46.5 Å². The Labute approximate surface area is 99.3 Å². The van der Waals surface area contributed by atoms with Gasteiger partial charge in [-0.3, -0.25) is 0 Å². The maximum Gasteiger partial charge on any atom is 0.340 e. The molecule has 1 N–H and O–H groups in total. The average Bonchev–Trinajstić information content (AvgIpc) is 2.28. The SMILES string of the molecule is COc1cccc(C=CCCCl)c1C(=O)O. The van der Waals surface area contributed by atoms with Crippen molar-refractivity contribution in [2.75, 3.05) is 13.0 Å². The van der Waals surface area contributed by atoms with Gasteiger partial charge in [0.25, 0.3) is 0 Å². The summed E-state index contributed by atoms with van der Waals surface area (Å²) < 4.78 is 5.01. The van der Waals surface area contributed by atoms with Gasteiger partial charge in [0.05, 0.1) is 7.11 Å². The molecule has 0 amide bonds. The summed E-state index contributed by atoms with van der Waals surface area (Å²) in [7, 11) is 1.45. The van der Waals surface area contributed by atoms with Crippen molar-refractivity contribution in [2.45, 2.75) is 6.42 Å². The van der Waals surface area contributed by atoms with Crippen LogP contribution in [-0.2, 0) is 0 Å². The van der Waals surface area contributed by atoms with E-state index in [0.717, 1.165) is 0 Å². The first-order chi connectivity index (χ1) is 7.70. The first kappa shape index (κ1) is 12.6. The summed E-state index contributed by atoms with van der Waals surface area (Å²) in [5.74, 6) is -0.119. The summed E-state index contributed by atoms with van der Waals surface area (Å²) in [6.45, 7) is 0. The van der Waals surface area contributed by atoms with E-state index in [1.807, 2.05) is 6.08 Å². The molecule has 0 heterocycles. The van der Waals surface area contributed by atoms with Gasteiger partial charge in [-0.05, 0) is 18.1 Å².